The normalized spacial score (nSPS) is 31.0. The van der Waals surface area contributed by atoms with Gasteiger partial charge in [-0.2, -0.15) is 0 Å². The van der Waals surface area contributed by atoms with Crippen molar-refractivity contribution in [1.82, 2.24) is 10.6 Å². The summed E-state index contributed by atoms with van der Waals surface area (Å²) in [7, 11) is 0. The summed E-state index contributed by atoms with van der Waals surface area (Å²) in [6, 6.07) is 4.24. The smallest absolute Gasteiger partial charge is 0.405 e. The molecule has 0 spiro atoms. The summed E-state index contributed by atoms with van der Waals surface area (Å²) >= 11 is 5.60. The number of hydrogen-bond acceptors (Lipinski definition) is 3. The summed E-state index contributed by atoms with van der Waals surface area (Å²) in [5.74, 6) is -0.552. The van der Waals surface area contributed by atoms with Gasteiger partial charge in [-0.05, 0) is 37.0 Å². The number of aliphatic hydroxyl groups is 1. The van der Waals surface area contributed by atoms with Crippen LogP contribution in [0.25, 0.3) is 0 Å². The van der Waals surface area contributed by atoms with E-state index in [2.05, 4.69) is 10.6 Å². The molecule has 3 aliphatic rings. The first-order chi connectivity index (χ1) is 9.83. The third kappa shape index (κ3) is 2.59. The monoisotopic (exact) mass is 314 g/mol. The second-order valence-corrected chi connectivity index (χ2v) is 6.50. The molecule has 2 bridgehead atoms. The second kappa shape index (κ2) is 4.83. The van der Waals surface area contributed by atoms with Crippen molar-refractivity contribution >= 4 is 17.7 Å². The largest absolute Gasteiger partial charge is 0.465 e. The number of β-amino-alcohol motifs (C(OH)–C–C–N with tert-alkyl or cyclic N) is 1. The molecule has 0 aliphatic heterocycles. The van der Waals surface area contributed by atoms with E-state index in [0.29, 0.717) is 12.1 Å². The van der Waals surface area contributed by atoms with Gasteiger partial charge in [-0.3, -0.25) is 0 Å². The van der Waals surface area contributed by atoms with Crippen molar-refractivity contribution < 1.29 is 19.4 Å². The molecular formula is C14H16ClFN2O3. The van der Waals surface area contributed by atoms with Gasteiger partial charge in [0, 0.05) is 17.6 Å². The van der Waals surface area contributed by atoms with Gasteiger partial charge in [-0.15, -0.1) is 0 Å². The molecule has 0 heterocycles. The zero-order valence-electron chi connectivity index (χ0n) is 11.2. The van der Waals surface area contributed by atoms with Crippen molar-refractivity contribution in [2.24, 2.45) is 0 Å². The van der Waals surface area contributed by atoms with Crippen LogP contribution in [0.15, 0.2) is 18.2 Å². The Hall–Kier alpha value is -1.37. The molecule has 3 saturated carbocycles. The summed E-state index contributed by atoms with van der Waals surface area (Å²) in [5, 5.41) is 24.6. The number of amides is 1. The molecule has 1 aromatic carbocycles. The Kier molecular flexibility index (Phi) is 3.35. The molecule has 1 aromatic rings. The van der Waals surface area contributed by atoms with Crippen molar-refractivity contribution in [3.05, 3.63) is 34.6 Å². The number of hydrogen-bond donors (Lipinski definition) is 4. The molecule has 21 heavy (non-hydrogen) atoms. The minimum atomic E-state index is -1.00. The predicted octanol–water partition coefficient (Wildman–Crippen LogP) is 2.04. The van der Waals surface area contributed by atoms with Crippen molar-refractivity contribution in [2.45, 2.75) is 36.4 Å². The quantitative estimate of drug-likeness (QED) is 0.670. The first kappa shape index (κ1) is 14.6. The van der Waals surface area contributed by atoms with Crippen LogP contribution in [0.2, 0.25) is 5.02 Å². The lowest BCUT2D eigenvalue weighted by atomic mass is 9.44. The molecule has 3 aliphatic carbocycles. The van der Waals surface area contributed by atoms with Crippen LogP contribution >= 0.6 is 11.6 Å². The van der Waals surface area contributed by atoms with E-state index in [0.717, 1.165) is 19.3 Å². The highest BCUT2D eigenvalue weighted by Gasteiger charge is 2.68. The SMILES string of the molecule is O=C(O)NC12CC(NCC(O)c3ccc(Cl)c(F)c3)(C1)C2. The number of halogens is 2. The molecule has 0 aromatic heterocycles. The summed E-state index contributed by atoms with van der Waals surface area (Å²) in [6.07, 6.45) is 0.366. The van der Waals surface area contributed by atoms with E-state index < -0.39 is 18.0 Å². The highest BCUT2D eigenvalue weighted by Crippen LogP contribution is 2.60. The molecule has 4 rings (SSSR count). The van der Waals surface area contributed by atoms with Crippen molar-refractivity contribution in [2.75, 3.05) is 6.54 Å². The number of nitrogens with one attached hydrogen (secondary N) is 2. The van der Waals surface area contributed by atoms with Crippen molar-refractivity contribution in [1.29, 1.82) is 0 Å². The highest BCUT2D eigenvalue weighted by molar-refractivity contribution is 6.30. The van der Waals surface area contributed by atoms with Gasteiger partial charge in [0.15, 0.2) is 0 Å². The molecule has 0 radical (unpaired) electrons. The topological polar surface area (TPSA) is 81.6 Å². The first-order valence-corrected chi connectivity index (χ1v) is 7.10. The second-order valence-electron chi connectivity index (χ2n) is 6.09. The summed E-state index contributed by atoms with van der Waals surface area (Å²) in [5.41, 5.74) is 0.0965. The lowest BCUT2D eigenvalue weighted by Gasteiger charge is -2.70. The molecule has 5 nitrogen and oxygen atoms in total. The lowest BCUT2D eigenvalue weighted by molar-refractivity contribution is -0.103. The van der Waals surface area contributed by atoms with E-state index in [1.54, 1.807) is 6.07 Å². The number of rotatable bonds is 5. The van der Waals surface area contributed by atoms with E-state index in [9.17, 15) is 14.3 Å². The van der Waals surface area contributed by atoms with Crippen LogP contribution in [0.3, 0.4) is 0 Å². The molecule has 1 atom stereocenters. The Balaban J connectivity index is 1.51. The zero-order valence-corrected chi connectivity index (χ0v) is 12.0. The maximum atomic E-state index is 13.3. The van der Waals surface area contributed by atoms with Gasteiger partial charge in [0.1, 0.15) is 5.82 Å². The Bertz CT molecular complexity index is 576. The third-order valence-corrected chi connectivity index (χ3v) is 4.71. The van der Waals surface area contributed by atoms with Crippen molar-refractivity contribution in [3.8, 4) is 0 Å². The van der Waals surface area contributed by atoms with E-state index in [4.69, 9.17) is 16.7 Å². The number of carbonyl (C=O) groups is 1. The van der Waals surface area contributed by atoms with Crippen LogP contribution in [0, 0.1) is 5.82 Å². The van der Waals surface area contributed by atoms with Crippen molar-refractivity contribution in [3.63, 3.8) is 0 Å². The fourth-order valence-electron chi connectivity index (χ4n) is 3.49. The van der Waals surface area contributed by atoms with Crippen LogP contribution in [0.1, 0.15) is 30.9 Å². The molecule has 0 saturated heterocycles. The molecule has 1 amide bonds. The van der Waals surface area contributed by atoms with Gasteiger partial charge in [-0.25, -0.2) is 9.18 Å². The van der Waals surface area contributed by atoms with Gasteiger partial charge < -0.3 is 20.8 Å². The van der Waals surface area contributed by atoms with E-state index in [1.165, 1.54) is 12.1 Å². The van der Waals surface area contributed by atoms with Crippen LogP contribution in [0.4, 0.5) is 9.18 Å². The van der Waals surface area contributed by atoms with Gasteiger partial charge in [0.05, 0.1) is 11.1 Å². The van der Waals surface area contributed by atoms with Gasteiger partial charge in [0.25, 0.3) is 0 Å². The molecular weight excluding hydrogens is 299 g/mol. The number of carboxylic acid groups (broad SMARTS) is 1. The Morgan fingerprint density at radius 2 is 2.05 bits per heavy atom. The molecule has 114 valence electrons. The summed E-state index contributed by atoms with van der Waals surface area (Å²) < 4.78 is 13.3. The molecule has 4 N–H and O–H groups in total. The third-order valence-electron chi connectivity index (χ3n) is 4.40. The maximum Gasteiger partial charge on any atom is 0.405 e. The zero-order chi connectivity index (χ0) is 15.3. The molecule has 1 unspecified atom stereocenters. The predicted molar refractivity (Wildman–Crippen MR) is 74.8 cm³/mol. The Labute approximate surface area is 126 Å². The average molecular weight is 315 g/mol. The van der Waals surface area contributed by atoms with Crippen LogP contribution in [-0.4, -0.2) is 33.9 Å². The van der Waals surface area contributed by atoms with E-state index in [-0.39, 0.29) is 16.1 Å². The Morgan fingerprint density at radius 3 is 2.62 bits per heavy atom. The standard InChI is InChI=1S/C14H16ClFN2O3/c15-9-2-1-8(3-10(9)16)11(19)4-17-13-5-14(6-13,7-13)18-12(20)21/h1-3,11,17-19H,4-7H2,(H,20,21). The Morgan fingerprint density at radius 1 is 1.38 bits per heavy atom. The molecule has 7 heteroatoms. The van der Waals surface area contributed by atoms with Gasteiger partial charge in [0.2, 0.25) is 0 Å². The number of benzene rings is 1. The van der Waals surface area contributed by atoms with Gasteiger partial charge in [-0.1, -0.05) is 17.7 Å². The first-order valence-electron chi connectivity index (χ1n) is 6.72. The molecule has 3 fully saturated rings. The van der Waals surface area contributed by atoms with Crippen LogP contribution in [0.5, 0.6) is 0 Å². The fraction of sp³-hybridized carbons (Fsp3) is 0.500. The van der Waals surface area contributed by atoms with E-state index >= 15 is 0 Å². The van der Waals surface area contributed by atoms with Crippen LogP contribution < -0.4 is 10.6 Å². The fourth-order valence-corrected chi connectivity index (χ4v) is 3.60. The van der Waals surface area contributed by atoms with E-state index in [1.807, 2.05) is 0 Å². The van der Waals surface area contributed by atoms with Crippen LogP contribution in [-0.2, 0) is 0 Å². The summed E-state index contributed by atoms with van der Waals surface area (Å²) in [6.45, 7) is 0.296. The van der Waals surface area contributed by atoms with Gasteiger partial charge >= 0.3 is 6.09 Å². The highest BCUT2D eigenvalue weighted by atomic mass is 35.5. The number of aliphatic hydroxyl groups excluding tert-OH is 1. The average Bonchev–Trinajstić information content (AvgIpc) is 2.33. The maximum absolute atomic E-state index is 13.3. The summed E-state index contributed by atoms with van der Waals surface area (Å²) in [4.78, 5) is 10.6. The lowest BCUT2D eigenvalue weighted by Crippen LogP contribution is -2.83. The minimum Gasteiger partial charge on any atom is -0.465 e. The minimum absolute atomic E-state index is 0.0278.